The van der Waals surface area contributed by atoms with Gasteiger partial charge in [0.1, 0.15) is 0 Å². The third-order valence-electron chi connectivity index (χ3n) is 2.31. The van der Waals surface area contributed by atoms with E-state index < -0.39 is 5.23 Å². The Bertz CT molecular complexity index is 465. The molecule has 2 N–H and O–H groups in total. The Morgan fingerprint density at radius 2 is 1.31 bits per heavy atom. The molecule has 2 rings (SSSR count). The van der Waals surface area contributed by atoms with Crippen LogP contribution in [-0.2, 0) is 0 Å². The maximum atomic E-state index is 10.7. The fourth-order valence-electron chi connectivity index (χ4n) is 1.45. The van der Waals surface area contributed by atoms with Gasteiger partial charge in [0.25, 0.3) is 0 Å². The fraction of sp³-hybridized carbons (Fsp3) is 0. The van der Waals surface area contributed by atoms with Crippen molar-refractivity contribution in [2.45, 2.75) is 0 Å². The van der Waals surface area contributed by atoms with Crippen molar-refractivity contribution >= 4 is 28.3 Å². The van der Waals surface area contributed by atoms with E-state index in [0.717, 1.165) is 11.1 Å². The molecular formula is C12H10INO2. The highest BCUT2D eigenvalue weighted by Crippen LogP contribution is 2.21. The second-order valence-electron chi connectivity index (χ2n) is 3.39. The lowest BCUT2D eigenvalue weighted by atomic mass is 10.1. The van der Waals surface area contributed by atoms with E-state index in [0.29, 0.717) is 5.69 Å². The minimum absolute atomic E-state index is 0.314. The molecule has 2 aromatic rings. The maximum absolute atomic E-state index is 10.7. The summed E-state index contributed by atoms with van der Waals surface area (Å²) in [5.74, 6) is 0. The Hall–Kier alpha value is -0.950. The van der Waals surface area contributed by atoms with Crippen molar-refractivity contribution in [3.8, 4) is 11.1 Å². The molecule has 0 saturated carbocycles. The molecule has 82 valence electrons. The van der Waals surface area contributed by atoms with E-state index in [1.807, 2.05) is 36.4 Å². The zero-order valence-electron chi connectivity index (χ0n) is 8.35. The molecule has 0 aliphatic rings. The Morgan fingerprint density at radius 3 is 1.75 bits per heavy atom. The molecule has 0 bridgehead atoms. The van der Waals surface area contributed by atoms with Gasteiger partial charge >= 0.3 is 0 Å². The standard InChI is InChI=1S/C12H10INO2/c13-11-5-1-9(2-6-11)10-3-7-12(8-4-10)14(15)16/h1-8,14-15H. The predicted octanol–water partition coefficient (Wildman–Crippen LogP) is 2.36. The zero-order valence-corrected chi connectivity index (χ0v) is 10.5. The summed E-state index contributed by atoms with van der Waals surface area (Å²) in [7, 11) is 0. The second kappa shape index (κ2) is 4.92. The van der Waals surface area contributed by atoms with Crippen LogP contribution in [-0.4, -0.2) is 5.21 Å². The average molecular weight is 327 g/mol. The van der Waals surface area contributed by atoms with Crippen LogP contribution in [0.1, 0.15) is 0 Å². The quantitative estimate of drug-likeness (QED) is 0.657. The Kier molecular flexibility index (Phi) is 3.55. The molecule has 0 saturated heterocycles. The summed E-state index contributed by atoms with van der Waals surface area (Å²) in [4.78, 5) is 0. The molecule has 1 unspecified atom stereocenters. The molecule has 0 heterocycles. The summed E-state index contributed by atoms with van der Waals surface area (Å²) in [6.07, 6.45) is 0. The topological polar surface area (TPSA) is 47.7 Å². The Balaban J connectivity index is 2.31. The van der Waals surface area contributed by atoms with Crippen LogP contribution in [0.4, 0.5) is 5.69 Å². The number of halogens is 1. The van der Waals surface area contributed by atoms with Crippen LogP contribution >= 0.6 is 22.6 Å². The van der Waals surface area contributed by atoms with Gasteiger partial charge in [0.15, 0.2) is 5.69 Å². The van der Waals surface area contributed by atoms with Gasteiger partial charge in [-0.1, -0.05) is 12.1 Å². The van der Waals surface area contributed by atoms with Gasteiger partial charge in [-0.05, 0) is 58.0 Å². The van der Waals surface area contributed by atoms with Crippen LogP contribution in [0.3, 0.4) is 0 Å². The first kappa shape index (κ1) is 11.5. The molecule has 3 nitrogen and oxygen atoms in total. The van der Waals surface area contributed by atoms with E-state index in [2.05, 4.69) is 22.6 Å². The van der Waals surface area contributed by atoms with Crippen molar-refractivity contribution in [1.29, 1.82) is 0 Å². The monoisotopic (exact) mass is 327 g/mol. The van der Waals surface area contributed by atoms with Crippen LogP contribution < -0.4 is 5.23 Å². The number of hydrogen-bond donors (Lipinski definition) is 2. The van der Waals surface area contributed by atoms with Gasteiger partial charge in [0.05, 0.1) is 0 Å². The summed E-state index contributed by atoms with van der Waals surface area (Å²) < 4.78 is 1.18. The summed E-state index contributed by atoms with van der Waals surface area (Å²) >= 11 is 2.25. The van der Waals surface area contributed by atoms with Gasteiger partial charge < -0.3 is 5.21 Å². The summed E-state index contributed by atoms with van der Waals surface area (Å²) in [6.45, 7) is 0. The summed E-state index contributed by atoms with van der Waals surface area (Å²) in [5, 5.41) is 18.6. The molecule has 0 amide bonds. The molecular weight excluding hydrogens is 317 g/mol. The van der Waals surface area contributed by atoms with Gasteiger partial charge in [-0.2, -0.15) is 5.23 Å². The van der Waals surface area contributed by atoms with E-state index in [9.17, 15) is 5.21 Å². The van der Waals surface area contributed by atoms with E-state index in [1.165, 1.54) is 3.57 Å². The van der Waals surface area contributed by atoms with Crippen molar-refractivity contribution in [1.82, 2.24) is 0 Å². The first-order chi connectivity index (χ1) is 7.66. The highest BCUT2D eigenvalue weighted by molar-refractivity contribution is 14.1. The lowest BCUT2D eigenvalue weighted by molar-refractivity contribution is -0.991. The van der Waals surface area contributed by atoms with Crippen LogP contribution in [0.5, 0.6) is 0 Å². The highest BCUT2D eigenvalue weighted by Gasteiger charge is 2.01. The third-order valence-corrected chi connectivity index (χ3v) is 3.03. The lowest BCUT2D eigenvalue weighted by Gasteiger charge is -2.11. The first-order valence-electron chi connectivity index (χ1n) is 4.76. The SMILES string of the molecule is [O-][NH+](O)c1ccc(-c2ccc(I)cc2)cc1. The number of rotatable bonds is 2. The van der Waals surface area contributed by atoms with Gasteiger partial charge in [-0.25, -0.2) is 5.21 Å². The van der Waals surface area contributed by atoms with Crippen molar-refractivity contribution in [2.75, 3.05) is 0 Å². The molecule has 16 heavy (non-hydrogen) atoms. The molecule has 0 aliphatic heterocycles. The molecule has 1 atom stereocenters. The molecule has 0 radical (unpaired) electrons. The minimum atomic E-state index is -0.894. The number of hydrogen-bond acceptors (Lipinski definition) is 2. The van der Waals surface area contributed by atoms with Crippen molar-refractivity contribution in [2.24, 2.45) is 0 Å². The number of quaternary nitrogens is 1. The second-order valence-corrected chi connectivity index (χ2v) is 4.64. The smallest absolute Gasteiger partial charge is 0.163 e. The van der Waals surface area contributed by atoms with Crippen LogP contribution in [0.15, 0.2) is 48.5 Å². The van der Waals surface area contributed by atoms with Crippen molar-refractivity contribution < 1.29 is 10.4 Å². The number of nitrogens with one attached hydrogen (secondary N) is 1. The van der Waals surface area contributed by atoms with E-state index in [1.54, 1.807) is 12.1 Å². The highest BCUT2D eigenvalue weighted by atomic mass is 127. The van der Waals surface area contributed by atoms with Crippen molar-refractivity contribution in [3.63, 3.8) is 0 Å². The van der Waals surface area contributed by atoms with Gasteiger partial charge in [-0.3, -0.25) is 0 Å². The lowest BCUT2D eigenvalue weighted by Crippen LogP contribution is -2.99. The first-order valence-corrected chi connectivity index (χ1v) is 5.84. The number of benzene rings is 2. The molecule has 0 spiro atoms. The third kappa shape index (κ3) is 2.59. The Labute approximate surface area is 107 Å². The largest absolute Gasteiger partial charge is 0.595 e. The van der Waals surface area contributed by atoms with Gasteiger partial charge in [0.2, 0.25) is 0 Å². The molecule has 2 aromatic carbocycles. The zero-order chi connectivity index (χ0) is 11.5. The van der Waals surface area contributed by atoms with Gasteiger partial charge in [-0.15, -0.1) is 0 Å². The maximum Gasteiger partial charge on any atom is 0.163 e. The van der Waals surface area contributed by atoms with E-state index in [-0.39, 0.29) is 0 Å². The fourth-order valence-corrected chi connectivity index (χ4v) is 1.81. The van der Waals surface area contributed by atoms with Crippen LogP contribution in [0.2, 0.25) is 0 Å². The predicted molar refractivity (Wildman–Crippen MR) is 70.4 cm³/mol. The minimum Gasteiger partial charge on any atom is -0.595 e. The van der Waals surface area contributed by atoms with E-state index >= 15 is 0 Å². The molecule has 0 aliphatic carbocycles. The molecule has 4 heteroatoms. The molecule has 0 aromatic heterocycles. The van der Waals surface area contributed by atoms with Crippen molar-refractivity contribution in [3.05, 3.63) is 57.3 Å². The van der Waals surface area contributed by atoms with Crippen LogP contribution in [0.25, 0.3) is 11.1 Å². The van der Waals surface area contributed by atoms with Crippen LogP contribution in [0, 0.1) is 8.78 Å². The average Bonchev–Trinajstić information content (AvgIpc) is 2.30. The normalized spacial score (nSPS) is 12.4. The Morgan fingerprint density at radius 1 is 0.875 bits per heavy atom. The summed E-state index contributed by atoms with van der Waals surface area (Å²) in [6, 6.07) is 15.0. The van der Waals surface area contributed by atoms with E-state index in [4.69, 9.17) is 5.21 Å². The van der Waals surface area contributed by atoms with Gasteiger partial charge in [0, 0.05) is 15.7 Å². The summed E-state index contributed by atoms with van der Waals surface area (Å²) in [5.41, 5.74) is 2.44. The molecule has 0 fully saturated rings.